The largest absolute Gasteiger partial charge is 0.394 e. The number of pyridine rings is 1. The van der Waals surface area contributed by atoms with Gasteiger partial charge in [0.05, 0.1) is 17.1 Å². The maximum atomic E-state index is 9.21. The monoisotopic (exact) mass is 272 g/mol. The zero-order valence-corrected chi connectivity index (χ0v) is 10.9. The summed E-state index contributed by atoms with van der Waals surface area (Å²) in [4.78, 5) is 4.24. The Balaban J connectivity index is 2.84. The van der Waals surface area contributed by atoms with E-state index < -0.39 is 0 Å². The normalized spacial score (nSPS) is 12.9. The van der Waals surface area contributed by atoms with Gasteiger partial charge in [-0.05, 0) is 40.4 Å². The number of aryl methyl sites for hydroxylation is 1. The molecule has 0 radical (unpaired) electrons. The van der Waals surface area contributed by atoms with E-state index in [0.29, 0.717) is 5.92 Å². The Morgan fingerprint density at radius 1 is 1.53 bits per heavy atom. The fraction of sp³-hybridized carbons (Fsp3) is 0.545. The number of anilines is 1. The lowest BCUT2D eigenvalue weighted by atomic mass is 10.1. The van der Waals surface area contributed by atoms with Crippen LogP contribution in [0.3, 0.4) is 0 Å². The lowest BCUT2D eigenvalue weighted by Gasteiger charge is -2.21. The van der Waals surface area contributed by atoms with Gasteiger partial charge in [-0.15, -0.1) is 0 Å². The second kappa shape index (κ2) is 5.47. The fourth-order valence-corrected chi connectivity index (χ4v) is 1.59. The summed E-state index contributed by atoms with van der Waals surface area (Å²) >= 11 is 3.48. The molecule has 0 spiro atoms. The maximum Gasteiger partial charge on any atom is 0.140 e. The topological polar surface area (TPSA) is 45.2 Å². The third-order valence-electron chi connectivity index (χ3n) is 2.41. The van der Waals surface area contributed by atoms with Crippen molar-refractivity contribution < 1.29 is 5.11 Å². The molecule has 3 nitrogen and oxygen atoms in total. The molecule has 1 atom stereocenters. The van der Waals surface area contributed by atoms with Crippen LogP contribution in [0.15, 0.2) is 16.7 Å². The molecule has 0 saturated carbocycles. The molecule has 0 aromatic carbocycles. The van der Waals surface area contributed by atoms with Crippen molar-refractivity contribution in [3.8, 4) is 0 Å². The molecular formula is C11H17BrN2O. The molecule has 0 aliphatic heterocycles. The maximum absolute atomic E-state index is 9.21. The van der Waals surface area contributed by atoms with Crippen LogP contribution in [0.5, 0.6) is 0 Å². The lowest BCUT2D eigenvalue weighted by molar-refractivity contribution is 0.249. The predicted molar refractivity (Wildman–Crippen MR) is 66.0 cm³/mol. The molecule has 84 valence electrons. The number of halogens is 1. The zero-order chi connectivity index (χ0) is 11.4. The summed E-state index contributed by atoms with van der Waals surface area (Å²) in [7, 11) is 0. The number of aliphatic hydroxyl groups excluding tert-OH is 1. The first-order valence-corrected chi connectivity index (χ1v) is 5.84. The van der Waals surface area contributed by atoms with Crippen molar-refractivity contribution in [3.63, 3.8) is 0 Å². The van der Waals surface area contributed by atoms with Crippen molar-refractivity contribution >= 4 is 21.7 Å². The summed E-state index contributed by atoms with van der Waals surface area (Å²) < 4.78 is 0.962. The van der Waals surface area contributed by atoms with Gasteiger partial charge in [-0.25, -0.2) is 4.98 Å². The van der Waals surface area contributed by atoms with Crippen LogP contribution >= 0.6 is 15.9 Å². The summed E-state index contributed by atoms with van der Waals surface area (Å²) in [6.07, 6.45) is 1.76. The molecule has 0 aliphatic rings. The van der Waals surface area contributed by atoms with E-state index in [0.717, 1.165) is 15.9 Å². The molecule has 1 rings (SSSR count). The number of nitrogens with one attached hydrogen (secondary N) is 1. The van der Waals surface area contributed by atoms with Gasteiger partial charge in [-0.1, -0.05) is 13.8 Å². The Morgan fingerprint density at radius 2 is 2.20 bits per heavy atom. The Morgan fingerprint density at radius 3 is 2.73 bits per heavy atom. The van der Waals surface area contributed by atoms with Crippen molar-refractivity contribution in [1.29, 1.82) is 0 Å². The van der Waals surface area contributed by atoms with Gasteiger partial charge in [0.15, 0.2) is 0 Å². The number of aliphatic hydroxyl groups is 1. The Kier molecular flexibility index (Phi) is 4.54. The van der Waals surface area contributed by atoms with Crippen LogP contribution < -0.4 is 5.32 Å². The van der Waals surface area contributed by atoms with Crippen LogP contribution in [-0.2, 0) is 0 Å². The highest BCUT2D eigenvalue weighted by molar-refractivity contribution is 9.10. The van der Waals surface area contributed by atoms with E-state index in [1.54, 1.807) is 6.20 Å². The molecule has 1 aromatic rings. The van der Waals surface area contributed by atoms with Crippen LogP contribution in [0.2, 0.25) is 0 Å². The van der Waals surface area contributed by atoms with Gasteiger partial charge < -0.3 is 10.4 Å². The highest BCUT2D eigenvalue weighted by Gasteiger charge is 2.14. The molecular weight excluding hydrogens is 256 g/mol. The number of aromatic nitrogens is 1. The Labute approximate surface area is 99.1 Å². The smallest absolute Gasteiger partial charge is 0.140 e. The summed E-state index contributed by atoms with van der Waals surface area (Å²) in [5, 5.41) is 12.4. The van der Waals surface area contributed by atoms with E-state index in [1.807, 2.05) is 13.0 Å². The summed E-state index contributed by atoms with van der Waals surface area (Å²) in [6.45, 7) is 6.26. The molecule has 0 amide bonds. The van der Waals surface area contributed by atoms with Crippen LogP contribution in [-0.4, -0.2) is 22.7 Å². The SMILES string of the molecule is Cc1ccnc(NC(CO)C(C)C)c1Br. The average molecular weight is 273 g/mol. The first-order chi connectivity index (χ1) is 7.06. The van der Waals surface area contributed by atoms with Gasteiger partial charge in [0.2, 0.25) is 0 Å². The van der Waals surface area contributed by atoms with Crippen LogP contribution in [0.1, 0.15) is 19.4 Å². The van der Waals surface area contributed by atoms with Gasteiger partial charge in [0.25, 0.3) is 0 Å². The first kappa shape index (κ1) is 12.5. The predicted octanol–water partition coefficient (Wildman–Crippen LogP) is 2.58. The molecule has 4 heteroatoms. The quantitative estimate of drug-likeness (QED) is 0.886. The highest BCUT2D eigenvalue weighted by atomic mass is 79.9. The van der Waals surface area contributed by atoms with Crippen molar-refractivity contribution in [2.75, 3.05) is 11.9 Å². The van der Waals surface area contributed by atoms with Gasteiger partial charge in [0.1, 0.15) is 5.82 Å². The third-order valence-corrected chi connectivity index (χ3v) is 3.41. The van der Waals surface area contributed by atoms with E-state index in [9.17, 15) is 5.11 Å². The van der Waals surface area contributed by atoms with E-state index >= 15 is 0 Å². The minimum atomic E-state index is 0.0376. The number of rotatable bonds is 4. The number of hydrogen-bond donors (Lipinski definition) is 2. The van der Waals surface area contributed by atoms with Crippen molar-refractivity contribution in [2.24, 2.45) is 5.92 Å². The average Bonchev–Trinajstić information content (AvgIpc) is 2.19. The second-order valence-electron chi connectivity index (χ2n) is 3.97. The van der Waals surface area contributed by atoms with Gasteiger partial charge in [-0.2, -0.15) is 0 Å². The van der Waals surface area contributed by atoms with E-state index in [-0.39, 0.29) is 12.6 Å². The Bertz CT molecular complexity index is 328. The number of nitrogens with zero attached hydrogens (tertiary/aromatic N) is 1. The molecule has 1 aromatic heterocycles. The van der Waals surface area contributed by atoms with Crippen molar-refractivity contribution in [3.05, 3.63) is 22.3 Å². The standard InChI is InChI=1S/C11H17BrN2O/c1-7(2)9(6-15)14-11-10(12)8(3)4-5-13-11/h4-5,7,9,15H,6H2,1-3H3,(H,13,14). The molecule has 15 heavy (non-hydrogen) atoms. The molecule has 2 N–H and O–H groups in total. The molecule has 0 aliphatic carbocycles. The van der Waals surface area contributed by atoms with E-state index in [2.05, 4.69) is 40.1 Å². The van der Waals surface area contributed by atoms with Crippen LogP contribution in [0.25, 0.3) is 0 Å². The molecule has 0 bridgehead atoms. The molecule has 0 fully saturated rings. The summed E-state index contributed by atoms with van der Waals surface area (Å²) in [5.74, 6) is 1.16. The lowest BCUT2D eigenvalue weighted by Crippen LogP contribution is -2.30. The molecule has 1 unspecified atom stereocenters. The van der Waals surface area contributed by atoms with E-state index in [1.165, 1.54) is 0 Å². The van der Waals surface area contributed by atoms with Gasteiger partial charge >= 0.3 is 0 Å². The molecule has 1 heterocycles. The fourth-order valence-electron chi connectivity index (χ4n) is 1.24. The molecule has 0 saturated heterocycles. The van der Waals surface area contributed by atoms with Crippen molar-refractivity contribution in [1.82, 2.24) is 4.98 Å². The van der Waals surface area contributed by atoms with E-state index in [4.69, 9.17) is 0 Å². The first-order valence-electron chi connectivity index (χ1n) is 5.04. The van der Waals surface area contributed by atoms with Gasteiger partial charge in [-0.3, -0.25) is 0 Å². The van der Waals surface area contributed by atoms with Crippen LogP contribution in [0.4, 0.5) is 5.82 Å². The second-order valence-corrected chi connectivity index (χ2v) is 4.76. The van der Waals surface area contributed by atoms with Gasteiger partial charge in [0, 0.05) is 6.20 Å². The zero-order valence-electron chi connectivity index (χ0n) is 9.29. The summed E-state index contributed by atoms with van der Waals surface area (Å²) in [5.41, 5.74) is 1.13. The highest BCUT2D eigenvalue weighted by Crippen LogP contribution is 2.24. The van der Waals surface area contributed by atoms with Crippen molar-refractivity contribution in [2.45, 2.75) is 26.8 Å². The minimum absolute atomic E-state index is 0.0376. The summed E-state index contributed by atoms with van der Waals surface area (Å²) in [6, 6.07) is 1.98. The third kappa shape index (κ3) is 3.18. The minimum Gasteiger partial charge on any atom is -0.394 e. The Hall–Kier alpha value is -0.610. The van der Waals surface area contributed by atoms with Crippen LogP contribution in [0, 0.1) is 12.8 Å². The number of hydrogen-bond acceptors (Lipinski definition) is 3.